The monoisotopic (exact) mass is 285 g/mol. The number of methoxy groups -OCH3 is 1. The molecule has 0 saturated heterocycles. The number of benzene rings is 1. The van der Waals surface area contributed by atoms with Crippen molar-refractivity contribution in [2.24, 2.45) is 5.92 Å². The molecule has 0 aromatic heterocycles. The van der Waals surface area contributed by atoms with E-state index in [1.807, 2.05) is 13.8 Å². The molecule has 1 aromatic carbocycles. The summed E-state index contributed by atoms with van der Waals surface area (Å²) in [5.41, 5.74) is 0.585. The van der Waals surface area contributed by atoms with E-state index in [0.717, 1.165) is 12.1 Å². The fourth-order valence-corrected chi connectivity index (χ4v) is 2.03. The number of esters is 1. The minimum absolute atomic E-state index is 0.284. The van der Waals surface area contributed by atoms with Crippen molar-refractivity contribution in [3.05, 3.63) is 35.4 Å². The topological polar surface area (TPSA) is 38.3 Å². The normalized spacial score (nSPS) is 14.2. The van der Waals surface area contributed by atoms with Gasteiger partial charge in [-0.3, -0.25) is 10.1 Å². The minimum atomic E-state index is -0.894. The van der Waals surface area contributed by atoms with Crippen molar-refractivity contribution in [2.75, 3.05) is 7.11 Å². The molecule has 0 radical (unpaired) electrons. The Morgan fingerprint density at radius 1 is 1.25 bits per heavy atom. The number of carbonyl (C=O) groups excluding carboxylic acids is 1. The van der Waals surface area contributed by atoms with Crippen molar-refractivity contribution in [2.45, 2.75) is 39.3 Å². The molecule has 0 aliphatic rings. The van der Waals surface area contributed by atoms with Crippen molar-refractivity contribution >= 4 is 5.97 Å². The second kappa shape index (κ2) is 7.33. The highest BCUT2D eigenvalue weighted by Crippen LogP contribution is 2.18. The van der Waals surface area contributed by atoms with Crippen LogP contribution in [0.15, 0.2) is 18.2 Å². The zero-order valence-corrected chi connectivity index (χ0v) is 12.2. The van der Waals surface area contributed by atoms with E-state index in [4.69, 9.17) is 4.74 Å². The standard InChI is InChI=1S/C15H21F2NO2/c1-9(2)7-14(15(19)20-4)18-10(3)11-5-6-12(16)13(17)8-11/h5-6,8-10,14,18H,7H2,1-4H3. The van der Waals surface area contributed by atoms with Crippen molar-refractivity contribution < 1.29 is 18.3 Å². The van der Waals surface area contributed by atoms with Gasteiger partial charge in [-0.1, -0.05) is 19.9 Å². The largest absolute Gasteiger partial charge is 0.468 e. The van der Waals surface area contributed by atoms with Crippen molar-refractivity contribution in [1.82, 2.24) is 5.32 Å². The Morgan fingerprint density at radius 3 is 2.40 bits per heavy atom. The summed E-state index contributed by atoms with van der Waals surface area (Å²) >= 11 is 0. The zero-order chi connectivity index (χ0) is 15.3. The lowest BCUT2D eigenvalue weighted by atomic mass is 10.0. The molecule has 2 atom stereocenters. The molecule has 1 aromatic rings. The Balaban J connectivity index is 2.81. The smallest absolute Gasteiger partial charge is 0.322 e. The second-order valence-corrected chi connectivity index (χ2v) is 5.27. The fraction of sp³-hybridized carbons (Fsp3) is 0.533. The second-order valence-electron chi connectivity index (χ2n) is 5.27. The zero-order valence-electron chi connectivity index (χ0n) is 12.2. The van der Waals surface area contributed by atoms with E-state index in [1.165, 1.54) is 13.2 Å². The van der Waals surface area contributed by atoms with Crippen LogP contribution in [0, 0.1) is 17.6 Å². The Morgan fingerprint density at radius 2 is 1.90 bits per heavy atom. The first-order valence-corrected chi connectivity index (χ1v) is 6.64. The molecule has 112 valence electrons. The number of rotatable bonds is 6. The molecular formula is C15H21F2NO2. The third kappa shape index (κ3) is 4.56. The highest BCUT2D eigenvalue weighted by Gasteiger charge is 2.23. The van der Waals surface area contributed by atoms with Gasteiger partial charge < -0.3 is 4.74 Å². The SMILES string of the molecule is COC(=O)C(CC(C)C)NC(C)c1ccc(F)c(F)c1. The molecule has 5 heteroatoms. The van der Waals surface area contributed by atoms with Gasteiger partial charge in [-0.15, -0.1) is 0 Å². The molecule has 0 fully saturated rings. The number of ether oxygens (including phenoxy) is 1. The fourth-order valence-electron chi connectivity index (χ4n) is 2.03. The van der Waals surface area contributed by atoms with Crippen LogP contribution in [-0.4, -0.2) is 19.1 Å². The van der Waals surface area contributed by atoms with Crippen LogP contribution in [0.1, 0.15) is 38.8 Å². The summed E-state index contributed by atoms with van der Waals surface area (Å²) in [6.07, 6.45) is 0.612. The number of halogens is 2. The number of carbonyl (C=O) groups is 1. The van der Waals surface area contributed by atoms with Crippen LogP contribution < -0.4 is 5.32 Å². The van der Waals surface area contributed by atoms with Gasteiger partial charge in [-0.25, -0.2) is 8.78 Å². The molecule has 0 saturated carbocycles. The Hall–Kier alpha value is -1.49. The van der Waals surface area contributed by atoms with Gasteiger partial charge in [0.15, 0.2) is 11.6 Å². The van der Waals surface area contributed by atoms with Crippen molar-refractivity contribution in [3.8, 4) is 0 Å². The van der Waals surface area contributed by atoms with Crippen LogP contribution in [0.25, 0.3) is 0 Å². The summed E-state index contributed by atoms with van der Waals surface area (Å²) in [4.78, 5) is 11.7. The van der Waals surface area contributed by atoms with Gasteiger partial charge in [0.05, 0.1) is 7.11 Å². The molecule has 0 heterocycles. The molecule has 0 aliphatic carbocycles. The predicted octanol–water partition coefficient (Wildman–Crippen LogP) is 3.20. The number of hydrogen-bond acceptors (Lipinski definition) is 3. The van der Waals surface area contributed by atoms with Gasteiger partial charge in [0.1, 0.15) is 6.04 Å². The van der Waals surface area contributed by atoms with E-state index in [0.29, 0.717) is 17.9 Å². The lowest BCUT2D eigenvalue weighted by molar-refractivity contribution is -0.143. The molecule has 3 nitrogen and oxygen atoms in total. The molecule has 2 unspecified atom stereocenters. The summed E-state index contributed by atoms with van der Waals surface area (Å²) in [5, 5.41) is 3.10. The van der Waals surface area contributed by atoms with Crippen molar-refractivity contribution in [3.63, 3.8) is 0 Å². The lowest BCUT2D eigenvalue weighted by Crippen LogP contribution is -2.40. The van der Waals surface area contributed by atoms with Crippen LogP contribution in [0.5, 0.6) is 0 Å². The van der Waals surface area contributed by atoms with E-state index in [1.54, 1.807) is 6.92 Å². The molecule has 1 rings (SSSR count). The van der Waals surface area contributed by atoms with E-state index >= 15 is 0 Å². The first-order chi connectivity index (χ1) is 9.35. The average Bonchev–Trinajstić information content (AvgIpc) is 2.39. The van der Waals surface area contributed by atoms with Gasteiger partial charge in [0.2, 0.25) is 0 Å². The van der Waals surface area contributed by atoms with Crippen LogP contribution >= 0.6 is 0 Å². The van der Waals surface area contributed by atoms with Gasteiger partial charge in [-0.2, -0.15) is 0 Å². The first kappa shape index (κ1) is 16.6. The summed E-state index contributed by atoms with van der Waals surface area (Å²) in [6.45, 7) is 5.79. The van der Waals surface area contributed by atoms with Gasteiger partial charge in [0.25, 0.3) is 0 Å². The Bertz CT molecular complexity index is 463. The molecular weight excluding hydrogens is 264 g/mol. The average molecular weight is 285 g/mol. The van der Waals surface area contributed by atoms with Gasteiger partial charge in [0, 0.05) is 6.04 Å². The van der Waals surface area contributed by atoms with Crippen LogP contribution in [0.4, 0.5) is 8.78 Å². The first-order valence-electron chi connectivity index (χ1n) is 6.64. The highest BCUT2D eigenvalue weighted by molar-refractivity contribution is 5.75. The summed E-state index contributed by atoms with van der Waals surface area (Å²) in [7, 11) is 1.33. The maximum Gasteiger partial charge on any atom is 0.322 e. The summed E-state index contributed by atoms with van der Waals surface area (Å²) in [5.74, 6) is -1.82. The minimum Gasteiger partial charge on any atom is -0.468 e. The number of hydrogen-bond donors (Lipinski definition) is 1. The quantitative estimate of drug-likeness (QED) is 0.816. The number of nitrogens with one attached hydrogen (secondary N) is 1. The molecule has 1 N–H and O–H groups in total. The van der Waals surface area contributed by atoms with Crippen LogP contribution in [0.3, 0.4) is 0 Å². The maximum absolute atomic E-state index is 13.2. The van der Waals surface area contributed by atoms with Crippen LogP contribution in [0.2, 0.25) is 0 Å². The molecule has 20 heavy (non-hydrogen) atoms. The third-order valence-electron chi connectivity index (χ3n) is 3.09. The Kier molecular flexibility index (Phi) is 6.07. The molecule has 0 aliphatic heterocycles. The maximum atomic E-state index is 13.2. The summed E-state index contributed by atoms with van der Waals surface area (Å²) in [6, 6.07) is 2.96. The van der Waals surface area contributed by atoms with Gasteiger partial charge in [-0.05, 0) is 37.0 Å². The molecule has 0 bridgehead atoms. The predicted molar refractivity (Wildman–Crippen MR) is 73.2 cm³/mol. The highest BCUT2D eigenvalue weighted by atomic mass is 19.2. The van der Waals surface area contributed by atoms with Gasteiger partial charge >= 0.3 is 5.97 Å². The van der Waals surface area contributed by atoms with E-state index in [9.17, 15) is 13.6 Å². The third-order valence-corrected chi connectivity index (χ3v) is 3.09. The van der Waals surface area contributed by atoms with Crippen molar-refractivity contribution in [1.29, 1.82) is 0 Å². The van der Waals surface area contributed by atoms with E-state index in [2.05, 4.69) is 5.32 Å². The molecule has 0 spiro atoms. The van der Waals surface area contributed by atoms with Crippen LogP contribution in [-0.2, 0) is 9.53 Å². The Labute approximate surface area is 118 Å². The summed E-state index contributed by atoms with van der Waals surface area (Å²) < 4.78 is 30.9. The molecule has 0 amide bonds. The van der Waals surface area contributed by atoms with E-state index < -0.39 is 17.7 Å². The van der Waals surface area contributed by atoms with E-state index in [-0.39, 0.29) is 12.0 Å². The lowest BCUT2D eigenvalue weighted by Gasteiger charge is -2.23.